The van der Waals surface area contributed by atoms with Crippen molar-refractivity contribution in [1.82, 2.24) is 5.32 Å². The van der Waals surface area contributed by atoms with Crippen LogP contribution >= 0.6 is 0 Å². The number of benzene rings is 1. The maximum atomic E-state index is 11.6. The molecule has 1 aromatic carbocycles. The second-order valence-electron chi connectivity index (χ2n) is 6.34. The Hall–Kier alpha value is -2.14. The van der Waals surface area contributed by atoms with Crippen LogP contribution < -0.4 is 5.32 Å². The number of carbonyl (C=O) groups excluding carboxylic acids is 2. The van der Waals surface area contributed by atoms with Gasteiger partial charge in [-0.3, -0.25) is 4.79 Å². The van der Waals surface area contributed by atoms with Crippen LogP contribution in [-0.4, -0.2) is 30.7 Å². The molecule has 0 heterocycles. The molecule has 0 saturated carbocycles. The molecular formula is C19H27NO4. The fourth-order valence-electron chi connectivity index (χ4n) is 1.92. The zero-order valence-electron chi connectivity index (χ0n) is 14.9. The van der Waals surface area contributed by atoms with Crippen molar-refractivity contribution < 1.29 is 19.1 Å². The second-order valence-corrected chi connectivity index (χ2v) is 6.34. The smallest absolute Gasteiger partial charge is 0.330 e. The molecule has 0 aliphatic carbocycles. The minimum Gasteiger partial charge on any atom is -0.463 e. The van der Waals surface area contributed by atoms with E-state index in [1.165, 1.54) is 6.08 Å². The summed E-state index contributed by atoms with van der Waals surface area (Å²) in [6.07, 6.45) is 3.48. The molecule has 1 N–H and O–H groups in total. The van der Waals surface area contributed by atoms with E-state index in [1.54, 1.807) is 13.0 Å². The summed E-state index contributed by atoms with van der Waals surface area (Å²) in [5.41, 5.74) is 1.59. The monoisotopic (exact) mass is 333 g/mol. The van der Waals surface area contributed by atoms with Crippen LogP contribution in [0, 0.1) is 0 Å². The lowest BCUT2D eigenvalue weighted by Gasteiger charge is -2.19. The van der Waals surface area contributed by atoms with Gasteiger partial charge in [-0.15, -0.1) is 0 Å². The zero-order valence-corrected chi connectivity index (χ0v) is 14.9. The molecule has 0 bridgehead atoms. The fourth-order valence-corrected chi connectivity index (χ4v) is 1.92. The highest BCUT2D eigenvalue weighted by Crippen LogP contribution is 2.08. The number of carbonyl (C=O) groups is 2. The fraction of sp³-hybridized carbons (Fsp3) is 0.474. The second kappa shape index (κ2) is 9.88. The molecule has 132 valence electrons. The minimum atomic E-state index is -0.440. The molecule has 24 heavy (non-hydrogen) atoms. The summed E-state index contributed by atoms with van der Waals surface area (Å²) < 4.78 is 10.1. The molecule has 0 saturated heterocycles. The molecule has 0 aliphatic rings. The van der Waals surface area contributed by atoms with Gasteiger partial charge in [0.25, 0.3) is 0 Å². The van der Waals surface area contributed by atoms with Crippen LogP contribution in [0.1, 0.15) is 45.2 Å². The average Bonchev–Trinajstić information content (AvgIpc) is 2.49. The predicted octanol–water partition coefficient (Wildman–Crippen LogP) is 3.08. The molecule has 0 aliphatic heterocycles. The Labute approximate surface area is 144 Å². The van der Waals surface area contributed by atoms with Crippen molar-refractivity contribution in [3.63, 3.8) is 0 Å². The van der Waals surface area contributed by atoms with Crippen molar-refractivity contribution in [1.29, 1.82) is 0 Å². The largest absolute Gasteiger partial charge is 0.463 e. The third-order valence-corrected chi connectivity index (χ3v) is 2.93. The van der Waals surface area contributed by atoms with E-state index < -0.39 is 5.60 Å². The molecule has 1 aromatic rings. The molecule has 0 spiro atoms. The number of nitrogens with one attached hydrogen (secondary N) is 1. The van der Waals surface area contributed by atoms with E-state index in [0.717, 1.165) is 11.1 Å². The third kappa shape index (κ3) is 9.10. The summed E-state index contributed by atoms with van der Waals surface area (Å²) in [7, 11) is 0. The quantitative estimate of drug-likeness (QED) is 0.450. The first-order valence-corrected chi connectivity index (χ1v) is 8.16. The molecule has 0 radical (unpaired) electrons. The van der Waals surface area contributed by atoms with Gasteiger partial charge in [-0.25, -0.2) is 4.79 Å². The van der Waals surface area contributed by atoms with E-state index >= 15 is 0 Å². The standard InChI is InChI=1S/C19H27NO4/c1-5-23-17(21)11-10-15-6-8-16(9-7-15)14-20-13-12-18(22)24-19(2,3)4/h6-11,20H,5,12-14H2,1-4H3/b11-10+. The Morgan fingerprint density at radius 1 is 1.17 bits per heavy atom. The molecule has 0 unspecified atom stereocenters. The van der Waals surface area contributed by atoms with Crippen LogP contribution in [0.5, 0.6) is 0 Å². The zero-order chi connectivity index (χ0) is 18.0. The van der Waals surface area contributed by atoms with Gasteiger partial charge < -0.3 is 14.8 Å². The van der Waals surface area contributed by atoms with Crippen LogP contribution in [0.25, 0.3) is 6.08 Å². The Kier molecular flexibility index (Phi) is 8.19. The normalized spacial score (nSPS) is 11.5. The van der Waals surface area contributed by atoms with Gasteiger partial charge in [0.05, 0.1) is 13.0 Å². The highest BCUT2D eigenvalue weighted by Gasteiger charge is 2.15. The summed E-state index contributed by atoms with van der Waals surface area (Å²) in [5.74, 6) is -0.542. The summed E-state index contributed by atoms with van der Waals surface area (Å²) in [5, 5.41) is 3.21. The molecule has 5 heteroatoms. The van der Waals surface area contributed by atoms with Gasteiger partial charge in [0, 0.05) is 19.2 Å². The van der Waals surface area contributed by atoms with Gasteiger partial charge >= 0.3 is 11.9 Å². The lowest BCUT2D eigenvalue weighted by Crippen LogP contribution is -2.26. The Balaban J connectivity index is 2.32. The topological polar surface area (TPSA) is 64.6 Å². The molecule has 0 aromatic heterocycles. The van der Waals surface area contributed by atoms with Crippen LogP contribution in [0.15, 0.2) is 30.3 Å². The van der Waals surface area contributed by atoms with Gasteiger partial charge in [-0.05, 0) is 44.9 Å². The van der Waals surface area contributed by atoms with E-state index in [0.29, 0.717) is 26.1 Å². The SMILES string of the molecule is CCOC(=O)/C=C/c1ccc(CNCCC(=O)OC(C)(C)C)cc1. The number of esters is 2. The summed E-state index contributed by atoms with van der Waals surface area (Å²) in [6.45, 7) is 8.96. The maximum Gasteiger partial charge on any atom is 0.330 e. The molecule has 0 fully saturated rings. The van der Waals surface area contributed by atoms with Crippen molar-refractivity contribution >= 4 is 18.0 Å². The van der Waals surface area contributed by atoms with E-state index in [1.807, 2.05) is 45.0 Å². The Morgan fingerprint density at radius 3 is 2.42 bits per heavy atom. The van der Waals surface area contributed by atoms with Gasteiger partial charge in [0.1, 0.15) is 5.60 Å². The van der Waals surface area contributed by atoms with Gasteiger partial charge in [0.15, 0.2) is 0 Å². The van der Waals surface area contributed by atoms with Crippen molar-refractivity contribution in [2.45, 2.75) is 46.3 Å². The number of hydrogen-bond donors (Lipinski definition) is 1. The van der Waals surface area contributed by atoms with Crippen molar-refractivity contribution in [3.05, 3.63) is 41.5 Å². The minimum absolute atomic E-state index is 0.200. The predicted molar refractivity (Wildman–Crippen MR) is 94.3 cm³/mol. The summed E-state index contributed by atoms with van der Waals surface area (Å²) in [6, 6.07) is 7.82. The molecule has 0 atom stereocenters. The van der Waals surface area contributed by atoms with E-state index in [4.69, 9.17) is 9.47 Å². The van der Waals surface area contributed by atoms with Crippen LogP contribution in [0.3, 0.4) is 0 Å². The van der Waals surface area contributed by atoms with Crippen LogP contribution in [-0.2, 0) is 25.6 Å². The van der Waals surface area contributed by atoms with Crippen molar-refractivity contribution in [2.75, 3.05) is 13.2 Å². The van der Waals surface area contributed by atoms with Crippen LogP contribution in [0.2, 0.25) is 0 Å². The van der Waals surface area contributed by atoms with E-state index in [-0.39, 0.29) is 11.9 Å². The Bertz CT molecular complexity index is 556. The highest BCUT2D eigenvalue weighted by atomic mass is 16.6. The molecule has 5 nitrogen and oxygen atoms in total. The lowest BCUT2D eigenvalue weighted by atomic mass is 10.1. The molecule has 1 rings (SSSR count). The third-order valence-electron chi connectivity index (χ3n) is 2.93. The number of hydrogen-bond acceptors (Lipinski definition) is 5. The first kappa shape index (κ1) is 19.9. The summed E-state index contributed by atoms with van der Waals surface area (Å²) in [4.78, 5) is 22.8. The summed E-state index contributed by atoms with van der Waals surface area (Å²) >= 11 is 0. The molecule has 0 amide bonds. The number of rotatable bonds is 8. The van der Waals surface area contributed by atoms with Crippen molar-refractivity contribution in [3.8, 4) is 0 Å². The van der Waals surface area contributed by atoms with E-state index in [2.05, 4.69) is 5.32 Å². The first-order chi connectivity index (χ1) is 11.3. The van der Waals surface area contributed by atoms with Gasteiger partial charge in [-0.1, -0.05) is 24.3 Å². The number of ether oxygens (including phenoxy) is 2. The van der Waals surface area contributed by atoms with E-state index in [9.17, 15) is 9.59 Å². The first-order valence-electron chi connectivity index (χ1n) is 8.16. The van der Waals surface area contributed by atoms with Gasteiger partial charge in [-0.2, -0.15) is 0 Å². The highest BCUT2D eigenvalue weighted by molar-refractivity contribution is 5.87. The molecular weight excluding hydrogens is 306 g/mol. The maximum absolute atomic E-state index is 11.6. The lowest BCUT2D eigenvalue weighted by molar-refractivity contribution is -0.154. The van der Waals surface area contributed by atoms with Gasteiger partial charge in [0.2, 0.25) is 0 Å². The van der Waals surface area contributed by atoms with Crippen molar-refractivity contribution in [2.24, 2.45) is 0 Å². The average molecular weight is 333 g/mol. The van der Waals surface area contributed by atoms with Crippen LogP contribution in [0.4, 0.5) is 0 Å². The Morgan fingerprint density at radius 2 is 1.83 bits per heavy atom.